The van der Waals surface area contributed by atoms with Crippen LogP contribution in [0, 0.1) is 0 Å². The summed E-state index contributed by atoms with van der Waals surface area (Å²) < 4.78 is 1.69. The van der Waals surface area contributed by atoms with Crippen LogP contribution >= 0.6 is 0 Å². The van der Waals surface area contributed by atoms with Crippen molar-refractivity contribution in [3.05, 3.63) is 18.5 Å². The standard InChI is InChI=1S/C8H11N3O/c12-7-8(10-4-2-5-10)11-6-1-3-9-11/h1,3,6-8H,2,4-5H2. The lowest BCUT2D eigenvalue weighted by Gasteiger charge is -2.35. The average molecular weight is 165 g/mol. The van der Waals surface area contributed by atoms with Crippen LogP contribution in [0.15, 0.2) is 18.5 Å². The van der Waals surface area contributed by atoms with Gasteiger partial charge in [-0.05, 0) is 12.5 Å². The van der Waals surface area contributed by atoms with Crippen molar-refractivity contribution in [2.75, 3.05) is 13.1 Å². The van der Waals surface area contributed by atoms with Gasteiger partial charge in [-0.3, -0.25) is 9.69 Å². The molecule has 0 N–H and O–H groups in total. The van der Waals surface area contributed by atoms with Crippen molar-refractivity contribution < 1.29 is 4.79 Å². The molecule has 2 heterocycles. The van der Waals surface area contributed by atoms with E-state index in [1.165, 1.54) is 6.42 Å². The van der Waals surface area contributed by atoms with E-state index in [0.29, 0.717) is 0 Å². The molecule has 0 saturated carbocycles. The average Bonchev–Trinajstić information content (AvgIpc) is 2.47. The van der Waals surface area contributed by atoms with Crippen LogP contribution in [0.4, 0.5) is 0 Å². The molecule has 1 aromatic heterocycles. The summed E-state index contributed by atoms with van der Waals surface area (Å²) in [7, 11) is 0. The van der Waals surface area contributed by atoms with Crippen molar-refractivity contribution in [3.8, 4) is 0 Å². The van der Waals surface area contributed by atoms with Gasteiger partial charge in [-0.25, -0.2) is 4.68 Å². The van der Waals surface area contributed by atoms with Crippen molar-refractivity contribution >= 4 is 6.29 Å². The Hall–Kier alpha value is -1.16. The fraction of sp³-hybridized carbons (Fsp3) is 0.500. The molecule has 1 saturated heterocycles. The lowest BCUT2D eigenvalue weighted by molar-refractivity contribution is -0.117. The summed E-state index contributed by atoms with van der Waals surface area (Å²) in [5.41, 5.74) is 0. The van der Waals surface area contributed by atoms with Crippen molar-refractivity contribution in [2.45, 2.75) is 12.6 Å². The SMILES string of the molecule is O=CC(N1CCC1)n1cccn1. The summed E-state index contributed by atoms with van der Waals surface area (Å²) in [5.74, 6) is 0. The van der Waals surface area contributed by atoms with E-state index in [0.717, 1.165) is 19.4 Å². The highest BCUT2D eigenvalue weighted by atomic mass is 16.1. The molecular formula is C8H11N3O. The Morgan fingerprint density at radius 3 is 2.75 bits per heavy atom. The van der Waals surface area contributed by atoms with Crippen molar-refractivity contribution in [3.63, 3.8) is 0 Å². The third-order valence-electron chi connectivity index (χ3n) is 2.18. The number of aldehydes is 1. The summed E-state index contributed by atoms with van der Waals surface area (Å²) in [6.45, 7) is 2.01. The number of rotatable bonds is 3. The van der Waals surface area contributed by atoms with E-state index in [4.69, 9.17) is 0 Å². The van der Waals surface area contributed by atoms with E-state index in [-0.39, 0.29) is 6.17 Å². The lowest BCUT2D eigenvalue weighted by Crippen LogP contribution is -2.43. The lowest BCUT2D eigenvalue weighted by atomic mass is 10.2. The highest BCUT2D eigenvalue weighted by Crippen LogP contribution is 2.16. The number of nitrogens with zero attached hydrogens (tertiary/aromatic N) is 3. The number of aromatic nitrogens is 2. The molecule has 0 spiro atoms. The zero-order valence-corrected chi connectivity index (χ0v) is 6.76. The zero-order chi connectivity index (χ0) is 8.39. The molecule has 1 atom stereocenters. The summed E-state index contributed by atoms with van der Waals surface area (Å²) >= 11 is 0. The first-order chi connectivity index (χ1) is 5.92. The molecule has 1 fully saturated rings. The molecule has 4 heteroatoms. The van der Waals surface area contributed by atoms with Crippen molar-refractivity contribution in [1.29, 1.82) is 0 Å². The molecule has 0 aromatic carbocycles. The number of carbonyl (C=O) groups is 1. The molecule has 1 aliphatic heterocycles. The van der Waals surface area contributed by atoms with Gasteiger partial charge in [-0.1, -0.05) is 0 Å². The second-order valence-electron chi connectivity index (χ2n) is 2.93. The first-order valence-electron chi connectivity index (χ1n) is 4.10. The minimum Gasteiger partial charge on any atom is -0.299 e. The topological polar surface area (TPSA) is 38.1 Å². The van der Waals surface area contributed by atoms with Gasteiger partial charge in [0.25, 0.3) is 0 Å². The van der Waals surface area contributed by atoms with E-state index in [2.05, 4.69) is 10.00 Å². The summed E-state index contributed by atoms with van der Waals surface area (Å²) in [5, 5.41) is 4.03. The van der Waals surface area contributed by atoms with Crippen LogP contribution in [-0.2, 0) is 4.79 Å². The predicted octanol–water partition coefficient (Wildman–Crippen LogP) is 0.286. The second kappa shape index (κ2) is 3.06. The van der Waals surface area contributed by atoms with E-state index >= 15 is 0 Å². The molecule has 1 aromatic rings. The minimum atomic E-state index is -0.186. The van der Waals surface area contributed by atoms with Crippen LogP contribution in [-0.4, -0.2) is 34.1 Å². The van der Waals surface area contributed by atoms with E-state index in [9.17, 15) is 4.79 Å². The van der Waals surface area contributed by atoms with Gasteiger partial charge in [0.2, 0.25) is 0 Å². The fourth-order valence-corrected chi connectivity index (χ4v) is 1.36. The largest absolute Gasteiger partial charge is 0.299 e. The Morgan fingerprint density at radius 2 is 2.33 bits per heavy atom. The Balaban J connectivity index is 2.12. The van der Waals surface area contributed by atoms with Gasteiger partial charge in [-0.2, -0.15) is 5.10 Å². The summed E-state index contributed by atoms with van der Waals surface area (Å²) in [4.78, 5) is 12.8. The molecule has 0 aliphatic carbocycles. The molecular weight excluding hydrogens is 154 g/mol. The van der Waals surface area contributed by atoms with Crippen LogP contribution in [0.25, 0.3) is 0 Å². The van der Waals surface area contributed by atoms with Crippen LogP contribution < -0.4 is 0 Å². The molecule has 0 amide bonds. The molecule has 1 unspecified atom stereocenters. The van der Waals surface area contributed by atoms with Gasteiger partial charge in [0.05, 0.1) is 0 Å². The minimum absolute atomic E-state index is 0.186. The maximum atomic E-state index is 10.7. The highest BCUT2D eigenvalue weighted by molar-refractivity contribution is 5.55. The van der Waals surface area contributed by atoms with Crippen LogP contribution in [0.5, 0.6) is 0 Å². The molecule has 64 valence electrons. The van der Waals surface area contributed by atoms with E-state index in [1.807, 2.05) is 12.3 Å². The Morgan fingerprint density at radius 1 is 1.50 bits per heavy atom. The normalized spacial score (nSPS) is 20.0. The molecule has 12 heavy (non-hydrogen) atoms. The van der Waals surface area contributed by atoms with Crippen molar-refractivity contribution in [2.24, 2.45) is 0 Å². The Kier molecular flexibility index (Phi) is 1.91. The van der Waals surface area contributed by atoms with Gasteiger partial charge >= 0.3 is 0 Å². The number of likely N-dealkylation sites (tertiary alicyclic amines) is 1. The first kappa shape index (κ1) is 7.49. The molecule has 2 rings (SSSR count). The molecule has 0 bridgehead atoms. The zero-order valence-electron chi connectivity index (χ0n) is 6.76. The maximum absolute atomic E-state index is 10.7. The highest BCUT2D eigenvalue weighted by Gasteiger charge is 2.24. The number of hydrogen-bond donors (Lipinski definition) is 0. The van der Waals surface area contributed by atoms with Crippen LogP contribution in [0.1, 0.15) is 12.6 Å². The predicted molar refractivity (Wildman–Crippen MR) is 43.5 cm³/mol. The van der Waals surface area contributed by atoms with E-state index < -0.39 is 0 Å². The summed E-state index contributed by atoms with van der Waals surface area (Å²) in [6.07, 6.45) is 5.44. The third kappa shape index (κ3) is 1.14. The van der Waals surface area contributed by atoms with Crippen molar-refractivity contribution in [1.82, 2.24) is 14.7 Å². The third-order valence-corrected chi connectivity index (χ3v) is 2.18. The Labute approximate surface area is 70.8 Å². The van der Waals surface area contributed by atoms with Crippen LogP contribution in [0.2, 0.25) is 0 Å². The van der Waals surface area contributed by atoms with Gasteiger partial charge in [0.1, 0.15) is 0 Å². The van der Waals surface area contributed by atoms with Gasteiger partial charge in [0.15, 0.2) is 12.5 Å². The van der Waals surface area contributed by atoms with E-state index in [1.54, 1.807) is 10.9 Å². The first-order valence-corrected chi connectivity index (χ1v) is 4.10. The monoisotopic (exact) mass is 165 g/mol. The molecule has 4 nitrogen and oxygen atoms in total. The van der Waals surface area contributed by atoms with Gasteiger partial charge in [-0.15, -0.1) is 0 Å². The Bertz CT molecular complexity index is 253. The molecule has 0 radical (unpaired) electrons. The van der Waals surface area contributed by atoms with Gasteiger partial charge < -0.3 is 0 Å². The molecule has 1 aliphatic rings. The summed E-state index contributed by atoms with van der Waals surface area (Å²) in [6, 6.07) is 1.83. The second-order valence-corrected chi connectivity index (χ2v) is 2.93. The smallest absolute Gasteiger partial charge is 0.160 e. The quantitative estimate of drug-likeness (QED) is 0.604. The number of hydrogen-bond acceptors (Lipinski definition) is 3. The van der Waals surface area contributed by atoms with Gasteiger partial charge in [0, 0.05) is 25.5 Å². The number of carbonyl (C=O) groups excluding carboxylic acids is 1. The maximum Gasteiger partial charge on any atom is 0.160 e. The van der Waals surface area contributed by atoms with Crippen LogP contribution in [0.3, 0.4) is 0 Å². The fourth-order valence-electron chi connectivity index (χ4n) is 1.36.